The van der Waals surface area contributed by atoms with Gasteiger partial charge in [0.25, 0.3) is 0 Å². The molecule has 21 heavy (non-hydrogen) atoms. The van der Waals surface area contributed by atoms with Crippen LogP contribution in [0.15, 0.2) is 24.3 Å². The molecule has 4 nitrogen and oxygen atoms in total. The van der Waals surface area contributed by atoms with Gasteiger partial charge in [0, 0.05) is 44.3 Å². The van der Waals surface area contributed by atoms with E-state index in [1.807, 2.05) is 13.8 Å². The fourth-order valence-electron chi connectivity index (χ4n) is 3.09. The van der Waals surface area contributed by atoms with Crippen LogP contribution in [0.5, 0.6) is 0 Å². The molecule has 4 heteroatoms. The maximum absolute atomic E-state index is 5.75. The van der Waals surface area contributed by atoms with Crippen LogP contribution < -0.4 is 10.6 Å². The van der Waals surface area contributed by atoms with Crippen molar-refractivity contribution < 1.29 is 9.47 Å². The lowest BCUT2D eigenvalue weighted by Gasteiger charge is -2.23. The number of anilines is 1. The summed E-state index contributed by atoms with van der Waals surface area (Å²) in [5.41, 5.74) is 8.54. The Hall–Kier alpha value is -1.10. The smallest absolute Gasteiger partial charge is 0.159 e. The van der Waals surface area contributed by atoms with Crippen molar-refractivity contribution in [2.75, 3.05) is 37.7 Å². The predicted molar refractivity (Wildman–Crippen MR) is 86.7 cm³/mol. The molecular formula is C17H28N2O2. The van der Waals surface area contributed by atoms with E-state index in [-0.39, 0.29) is 6.29 Å². The number of benzene rings is 1. The number of nitrogens with two attached hydrogens (primary N) is 1. The minimum Gasteiger partial charge on any atom is -0.370 e. The lowest BCUT2D eigenvalue weighted by atomic mass is 9.98. The Morgan fingerprint density at radius 2 is 1.95 bits per heavy atom. The summed E-state index contributed by atoms with van der Waals surface area (Å²) in [5.74, 6) is 0.559. The summed E-state index contributed by atoms with van der Waals surface area (Å²) in [7, 11) is 0. The average molecular weight is 292 g/mol. The summed E-state index contributed by atoms with van der Waals surface area (Å²) in [6.07, 6.45) is 1.85. The molecule has 1 aliphatic rings. The molecule has 0 spiro atoms. The molecule has 0 aromatic heterocycles. The lowest BCUT2D eigenvalue weighted by Crippen LogP contribution is -2.29. The maximum atomic E-state index is 5.75. The molecule has 0 saturated carbocycles. The van der Waals surface area contributed by atoms with Crippen molar-refractivity contribution in [2.24, 2.45) is 5.73 Å². The third-order valence-electron chi connectivity index (χ3n) is 4.01. The molecule has 1 aromatic rings. The summed E-state index contributed by atoms with van der Waals surface area (Å²) in [6, 6.07) is 8.68. The first-order valence-electron chi connectivity index (χ1n) is 8.07. The van der Waals surface area contributed by atoms with Gasteiger partial charge in [-0.25, -0.2) is 0 Å². The number of hydrogen-bond acceptors (Lipinski definition) is 4. The molecule has 1 aromatic carbocycles. The van der Waals surface area contributed by atoms with E-state index < -0.39 is 0 Å². The number of fused-ring (bicyclic) bond motifs is 1. The molecule has 2 N–H and O–H groups in total. The van der Waals surface area contributed by atoms with E-state index in [0.29, 0.717) is 19.1 Å². The largest absolute Gasteiger partial charge is 0.370 e. The van der Waals surface area contributed by atoms with E-state index in [0.717, 1.165) is 32.5 Å². The van der Waals surface area contributed by atoms with Crippen molar-refractivity contribution in [2.45, 2.75) is 38.9 Å². The third-order valence-corrected chi connectivity index (χ3v) is 4.01. The highest BCUT2D eigenvalue weighted by Gasteiger charge is 2.27. The van der Waals surface area contributed by atoms with Crippen LogP contribution in [0.4, 0.5) is 5.69 Å². The highest BCUT2D eigenvalue weighted by atomic mass is 16.7. The van der Waals surface area contributed by atoms with E-state index in [2.05, 4.69) is 29.2 Å². The van der Waals surface area contributed by atoms with E-state index in [1.54, 1.807) is 0 Å². The summed E-state index contributed by atoms with van der Waals surface area (Å²) < 4.78 is 11.3. The van der Waals surface area contributed by atoms with Crippen LogP contribution in [0.2, 0.25) is 0 Å². The highest BCUT2D eigenvalue weighted by molar-refractivity contribution is 5.60. The molecule has 118 valence electrons. The van der Waals surface area contributed by atoms with Crippen molar-refractivity contribution in [3.05, 3.63) is 29.8 Å². The zero-order valence-electron chi connectivity index (χ0n) is 13.3. The Balaban J connectivity index is 1.97. The van der Waals surface area contributed by atoms with Gasteiger partial charge in [-0.15, -0.1) is 0 Å². The standard InChI is InChI=1S/C17H28N2O2/c1-3-20-17(21-4-2)10-12-19-13-14(9-11-18)15-7-5-6-8-16(15)19/h5-8,14,17H,3-4,9-13,18H2,1-2H3. The van der Waals surface area contributed by atoms with Crippen LogP contribution in [0.3, 0.4) is 0 Å². The number of para-hydroxylation sites is 1. The SMILES string of the molecule is CCOC(CCN1CC(CCN)c2ccccc21)OCC. The Labute approximate surface area is 128 Å². The van der Waals surface area contributed by atoms with Crippen molar-refractivity contribution in [3.8, 4) is 0 Å². The fraction of sp³-hybridized carbons (Fsp3) is 0.647. The first-order valence-corrected chi connectivity index (χ1v) is 8.07. The number of rotatable bonds is 9. The van der Waals surface area contributed by atoms with Gasteiger partial charge in [-0.1, -0.05) is 18.2 Å². The Morgan fingerprint density at radius 3 is 2.62 bits per heavy atom. The van der Waals surface area contributed by atoms with Gasteiger partial charge in [-0.2, -0.15) is 0 Å². The zero-order valence-corrected chi connectivity index (χ0v) is 13.3. The first-order chi connectivity index (χ1) is 10.3. The molecule has 0 saturated heterocycles. The van der Waals surface area contributed by atoms with Crippen LogP contribution in [-0.4, -0.2) is 39.1 Å². The number of nitrogens with zero attached hydrogens (tertiary/aromatic N) is 1. The van der Waals surface area contributed by atoms with Gasteiger partial charge < -0.3 is 20.1 Å². The average Bonchev–Trinajstić information content (AvgIpc) is 2.84. The van der Waals surface area contributed by atoms with Gasteiger partial charge in [0.2, 0.25) is 0 Å². The van der Waals surface area contributed by atoms with E-state index in [9.17, 15) is 0 Å². The molecule has 0 fully saturated rings. The minimum absolute atomic E-state index is 0.0966. The third kappa shape index (κ3) is 4.19. The van der Waals surface area contributed by atoms with Crippen molar-refractivity contribution >= 4 is 5.69 Å². The number of hydrogen-bond donors (Lipinski definition) is 1. The van der Waals surface area contributed by atoms with Gasteiger partial charge in [0.1, 0.15) is 0 Å². The van der Waals surface area contributed by atoms with Crippen molar-refractivity contribution in [1.82, 2.24) is 0 Å². The summed E-state index contributed by atoms with van der Waals surface area (Å²) in [4.78, 5) is 2.45. The Bertz CT molecular complexity index is 419. The molecule has 1 heterocycles. The van der Waals surface area contributed by atoms with Crippen LogP contribution in [0, 0.1) is 0 Å². The van der Waals surface area contributed by atoms with Gasteiger partial charge >= 0.3 is 0 Å². The number of ether oxygens (including phenoxy) is 2. The van der Waals surface area contributed by atoms with Crippen molar-refractivity contribution in [3.63, 3.8) is 0 Å². The first kappa shape index (κ1) is 16.3. The van der Waals surface area contributed by atoms with E-state index in [4.69, 9.17) is 15.2 Å². The second kappa shape index (κ2) is 8.37. The molecule has 0 radical (unpaired) electrons. The van der Waals surface area contributed by atoms with Gasteiger partial charge in [0.15, 0.2) is 6.29 Å². The molecule has 1 aliphatic heterocycles. The topological polar surface area (TPSA) is 47.7 Å². The quantitative estimate of drug-likeness (QED) is 0.711. The maximum Gasteiger partial charge on any atom is 0.159 e. The van der Waals surface area contributed by atoms with Crippen LogP contribution in [0.1, 0.15) is 38.2 Å². The van der Waals surface area contributed by atoms with Gasteiger partial charge in [-0.05, 0) is 38.4 Å². The summed E-state index contributed by atoms with van der Waals surface area (Å²) in [6.45, 7) is 8.16. The monoisotopic (exact) mass is 292 g/mol. The summed E-state index contributed by atoms with van der Waals surface area (Å²) in [5, 5.41) is 0. The summed E-state index contributed by atoms with van der Waals surface area (Å²) >= 11 is 0. The molecule has 0 amide bonds. The molecule has 2 rings (SSSR count). The van der Waals surface area contributed by atoms with Gasteiger partial charge in [0.05, 0.1) is 0 Å². The fourth-order valence-corrected chi connectivity index (χ4v) is 3.09. The van der Waals surface area contributed by atoms with Gasteiger partial charge in [-0.3, -0.25) is 0 Å². The van der Waals surface area contributed by atoms with Crippen LogP contribution in [0.25, 0.3) is 0 Å². The van der Waals surface area contributed by atoms with E-state index in [1.165, 1.54) is 11.3 Å². The van der Waals surface area contributed by atoms with Crippen LogP contribution >= 0.6 is 0 Å². The van der Waals surface area contributed by atoms with Crippen molar-refractivity contribution in [1.29, 1.82) is 0 Å². The second-order valence-electron chi connectivity index (χ2n) is 5.41. The predicted octanol–water partition coefficient (Wildman–Crippen LogP) is 2.73. The second-order valence-corrected chi connectivity index (χ2v) is 5.41. The van der Waals surface area contributed by atoms with E-state index >= 15 is 0 Å². The van der Waals surface area contributed by atoms with Crippen LogP contribution in [-0.2, 0) is 9.47 Å². The Kier molecular flexibility index (Phi) is 6.49. The molecule has 1 unspecified atom stereocenters. The molecule has 0 bridgehead atoms. The molecule has 1 atom stereocenters. The lowest BCUT2D eigenvalue weighted by molar-refractivity contribution is -0.138. The molecule has 0 aliphatic carbocycles. The zero-order chi connectivity index (χ0) is 15.1. The minimum atomic E-state index is -0.0966. The Morgan fingerprint density at radius 1 is 1.24 bits per heavy atom. The molecular weight excluding hydrogens is 264 g/mol. The normalized spacial score (nSPS) is 17.5. The highest BCUT2D eigenvalue weighted by Crippen LogP contribution is 2.37.